The second-order valence-electron chi connectivity index (χ2n) is 5.95. The minimum Gasteiger partial charge on any atom is -0.493 e. The van der Waals surface area contributed by atoms with Crippen LogP contribution in [-0.4, -0.2) is 32.7 Å². The van der Waals surface area contributed by atoms with Crippen LogP contribution in [0.2, 0.25) is 0 Å². The van der Waals surface area contributed by atoms with Crippen LogP contribution in [0.25, 0.3) is 0 Å². The molecule has 0 saturated heterocycles. The molecule has 3 heteroatoms. The van der Waals surface area contributed by atoms with Crippen LogP contribution in [0.15, 0.2) is 36.4 Å². The quantitative estimate of drug-likeness (QED) is 0.864. The molecule has 2 aromatic carbocycles. The van der Waals surface area contributed by atoms with E-state index in [-0.39, 0.29) is 6.04 Å². The van der Waals surface area contributed by atoms with E-state index in [1.54, 1.807) is 14.2 Å². The summed E-state index contributed by atoms with van der Waals surface area (Å²) in [7, 11) is 5.57. The molecule has 1 aliphatic rings. The molecule has 0 saturated carbocycles. The molecule has 116 valence electrons. The van der Waals surface area contributed by atoms with Gasteiger partial charge < -0.3 is 9.47 Å². The fourth-order valence-corrected chi connectivity index (χ4v) is 3.25. The molecular formula is C19H23NO2. The molecule has 0 unspecified atom stereocenters. The van der Waals surface area contributed by atoms with E-state index in [0.29, 0.717) is 0 Å². The Kier molecular flexibility index (Phi) is 4.08. The monoisotopic (exact) mass is 297 g/mol. The molecule has 3 rings (SSSR count). The molecule has 0 N–H and O–H groups in total. The van der Waals surface area contributed by atoms with Crippen molar-refractivity contribution >= 4 is 0 Å². The first-order chi connectivity index (χ1) is 10.6. The number of ether oxygens (including phenoxy) is 2. The normalized spacial score (nSPS) is 17.9. The second kappa shape index (κ2) is 6.01. The third-order valence-corrected chi connectivity index (χ3v) is 4.51. The first kappa shape index (κ1) is 14.9. The Balaban J connectivity index is 2.11. The summed E-state index contributed by atoms with van der Waals surface area (Å²) in [5, 5.41) is 0. The highest BCUT2D eigenvalue weighted by Crippen LogP contribution is 2.40. The van der Waals surface area contributed by atoms with Gasteiger partial charge in [0.15, 0.2) is 11.5 Å². The number of fused-ring (bicyclic) bond motifs is 1. The van der Waals surface area contributed by atoms with Crippen molar-refractivity contribution in [3.63, 3.8) is 0 Å². The number of likely N-dealkylation sites (N-methyl/N-ethyl adjacent to an activating group) is 1. The summed E-state index contributed by atoms with van der Waals surface area (Å²) < 4.78 is 10.9. The zero-order valence-electron chi connectivity index (χ0n) is 13.7. The van der Waals surface area contributed by atoms with E-state index < -0.39 is 0 Å². The predicted octanol–water partition coefficient (Wildman–Crippen LogP) is 3.59. The van der Waals surface area contributed by atoms with Crippen LogP contribution in [0.5, 0.6) is 11.5 Å². The van der Waals surface area contributed by atoms with Gasteiger partial charge in [0.2, 0.25) is 0 Å². The van der Waals surface area contributed by atoms with E-state index in [2.05, 4.69) is 55.3 Å². The molecule has 1 heterocycles. The molecule has 2 aromatic rings. The van der Waals surface area contributed by atoms with Gasteiger partial charge >= 0.3 is 0 Å². The van der Waals surface area contributed by atoms with Crippen molar-refractivity contribution < 1.29 is 9.47 Å². The highest BCUT2D eigenvalue weighted by molar-refractivity contribution is 5.51. The number of hydrogen-bond acceptors (Lipinski definition) is 3. The van der Waals surface area contributed by atoms with Crippen molar-refractivity contribution in [2.75, 3.05) is 27.8 Å². The van der Waals surface area contributed by atoms with Gasteiger partial charge in [-0.1, -0.05) is 29.8 Å². The predicted molar refractivity (Wildman–Crippen MR) is 88.9 cm³/mol. The van der Waals surface area contributed by atoms with Crippen LogP contribution in [0, 0.1) is 6.92 Å². The Labute approximate surface area is 132 Å². The molecule has 0 fully saturated rings. The van der Waals surface area contributed by atoms with Gasteiger partial charge in [-0.2, -0.15) is 0 Å². The third-order valence-electron chi connectivity index (χ3n) is 4.51. The maximum absolute atomic E-state index is 5.50. The lowest BCUT2D eigenvalue weighted by Crippen LogP contribution is -2.32. The van der Waals surface area contributed by atoms with Crippen molar-refractivity contribution in [3.05, 3.63) is 58.7 Å². The Hall–Kier alpha value is -2.00. The van der Waals surface area contributed by atoms with Gasteiger partial charge in [-0.15, -0.1) is 0 Å². The van der Waals surface area contributed by atoms with E-state index in [9.17, 15) is 0 Å². The summed E-state index contributed by atoms with van der Waals surface area (Å²) in [6.45, 7) is 3.16. The van der Waals surface area contributed by atoms with Gasteiger partial charge in [-0.3, -0.25) is 4.90 Å². The van der Waals surface area contributed by atoms with Gasteiger partial charge in [-0.05, 0) is 49.2 Å². The van der Waals surface area contributed by atoms with Crippen LogP contribution < -0.4 is 9.47 Å². The van der Waals surface area contributed by atoms with Gasteiger partial charge in [0, 0.05) is 6.54 Å². The molecule has 0 radical (unpaired) electrons. The molecule has 0 spiro atoms. The lowest BCUT2D eigenvalue weighted by molar-refractivity contribution is 0.262. The average molecular weight is 297 g/mol. The zero-order chi connectivity index (χ0) is 15.7. The van der Waals surface area contributed by atoms with Crippen LogP contribution in [0.3, 0.4) is 0 Å². The maximum Gasteiger partial charge on any atom is 0.161 e. The number of rotatable bonds is 3. The number of nitrogens with zero attached hydrogens (tertiary/aromatic N) is 1. The summed E-state index contributed by atoms with van der Waals surface area (Å²) in [6, 6.07) is 13.3. The van der Waals surface area contributed by atoms with Crippen LogP contribution in [0.1, 0.15) is 28.3 Å². The minimum atomic E-state index is 0.268. The number of aryl methyl sites for hydroxylation is 1. The lowest BCUT2D eigenvalue weighted by atomic mass is 9.88. The van der Waals surface area contributed by atoms with Crippen LogP contribution >= 0.6 is 0 Å². The van der Waals surface area contributed by atoms with E-state index in [4.69, 9.17) is 9.47 Å². The highest BCUT2D eigenvalue weighted by Gasteiger charge is 2.27. The zero-order valence-corrected chi connectivity index (χ0v) is 13.7. The third kappa shape index (κ3) is 2.57. The summed E-state index contributed by atoms with van der Waals surface area (Å²) in [5.74, 6) is 1.61. The Morgan fingerprint density at radius 2 is 1.64 bits per heavy atom. The van der Waals surface area contributed by atoms with E-state index in [1.807, 2.05) is 0 Å². The first-order valence-electron chi connectivity index (χ1n) is 7.65. The fourth-order valence-electron chi connectivity index (χ4n) is 3.25. The van der Waals surface area contributed by atoms with Crippen molar-refractivity contribution in [2.24, 2.45) is 0 Å². The topological polar surface area (TPSA) is 21.7 Å². The summed E-state index contributed by atoms with van der Waals surface area (Å²) in [6.07, 6.45) is 1.04. The van der Waals surface area contributed by atoms with Crippen molar-refractivity contribution in [1.82, 2.24) is 4.90 Å². The molecule has 1 atom stereocenters. The minimum absolute atomic E-state index is 0.268. The fraction of sp³-hybridized carbons (Fsp3) is 0.368. The Morgan fingerprint density at radius 3 is 2.27 bits per heavy atom. The van der Waals surface area contributed by atoms with Crippen molar-refractivity contribution in [2.45, 2.75) is 19.4 Å². The first-order valence-corrected chi connectivity index (χ1v) is 7.65. The molecule has 1 aliphatic heterocycles. The van der Waals surface area contributed by atoms with Crippen LogP contribution in [-0.2, 0) is 6.42 Å². The van der Waals surface area contributed by atoms with Crippen molar-refractivity contribution in [1.29, 1.82) is 0 Å². The number of hydrogen-bond donors (Lipinski definition) is 0. The number of benzene rings is 2. The van der Waals surface area contributed by atoms with Crippen LogP contribution in [0.4, 0.5) is 0 Å². The molecule has 3 nitrogen and oxygen atoms in total. The molecule has 0 aliphatic carbocycles. The van der Waals surface area contributed by atoms with Gasteiger partial charge in [0.25, 0.3) is 0 Å². The summed E-state index contributed by atoms with van der Waals surface area (Å²) >= 11 is 0. The SMILES string of the molecule is COc1cc2c(cc1OC)[C@@H](c1ccc(C)cc1)N(C)CC2. The lowest BCUT2D eigenvalue weighted by Gasteiger charge is -2.35. The van der Waals surface area contributed by atoms with Gasteiger partial charge in [-0.25, -0.2) is 0 Å². The summed E-state index contributed by atoms with van der Waals surface area (Å²) in [5.41, 5.74) is 5.27. The van der Waals surface area contributed by atoms with E-state index in [1.165, 1.54) is 22.3 Å². The largest absolute Gasteiger partial charge is 0.493 e. The molecular weight excluding hydrogens is 274 g/mol. The van der Waals surface area contributed by atoms with Gasteiger partial charge in [0.05, 0.1) is 20.3 Å². The average Bonchev–Trinajstić information content (AvgIpc) is 2.54. The summed E-state index contributed by atoms with van der Waals surface area (Å²) in [4.78, 5) is 2.40. The Bertz CT molecular complexity index is 664. The molecule has 0 aromatic heterocycles. The van der Waals surface area contributed by atoms with E-state index in [0.717, 1.165) is 24.5 Å². The Morgan fingerprint density at radius 1 is 1.00 bits per heavy atom. The molecule has 22 heavy (non-hydrogen) atoms. The number of methoxy groups -OCH3 is 2. The van der Waals surface area contributed by atoms with E-state index >= 15 is 0 Å². The second-order valence-corrected chi connectivity index (χ2v) is 5.95. The smallest absolute Gasteiger partial charge is 0.161 e. The molecule has 0 bridgehead atoms. The highest BCUT2D eigenvalue weighted by atomic mass is 16.5. The standard InChI is InChI=1S/C19H23NO2/c1-13-5-7-14(8-6-13)19-16-12-18(22-4)17(21-3)11-15(16)9-10-20(19)2/h5-8,11-12,19H,9-10H2,1-4H3/t19-/m1/s1. The van der Waals surface area contributed by atoms with Crippen molar-refractivity contribution in [3.8, 4) is 11.5 Å². The maximum atomic E-state index is 5.50. The van der Waals surface area contributed by atoms with Gasteiger partial charge in [0.1, 0.15) is 0 Å². The molecule has 0 amide bonds.